The second kappa shape index (κ2) is 5.49. The summed E-state index contributed by atoms with van der Waals surface area (Å²) in [4.78, 5) is 4.29. The Morgan fingerprint density at radius 3 is 2.74 bits per heavy atom. The number of hydrogen-bond acceptors (Lipinski definition) is 3. The van der Waals surface area contributed by atoms with Crippen LogP contribution in [0.1, 0.15) is 22.4 Å². The van der Waals surface area contributed by atoms with Gasteiger partial charge in [-0.1, -0.05) is 18.2 Å². The fourth-order valence-electron chi connectivity index (χ4n) is 1.93. The summed E-state index contributed by atoms with van der Waals surface area (Å²) in [6.07, 6.45) is 0. The molecule has 0 fully saturated rings. The van der Waals surface area contributed by atoms with Crippen molar-refractivity contribution in [2.24, 2.45) is 0 Å². The van der Waals surface area contributed by atoms with Crippen LogP contribution in [0, 0.1) is 31.0 Å². The second-order valence-corrected chi connectivity index (χ2v) is 4.36. The summed E-state index contributed by atoms with van der Waals surface area (Å²) in [6, 6.07) is 10.5. The molecule has 3 nitrogen and oxygen atoms in total. The number of nitriles is 1. The van der Waals surface area contributed by atoms with Crippen LogP contribution in [0.4, 0.5) is 10.2 Å². The zero-order valence-corrected chi connectivity index (χ0v) is 10.9. The molecular formula is C15H14FN3. The van der Waals surface area contributed by atoms with Gasteiger partial charge in [0.2, 0.25) is 0 Å². The lowest BCUT2D eigenvalue weighted by Crippen LogP contribution is -2.06. The van der Waals surface area contributed by atoms with E-state index < -0.39 is 0 Å². The molecule has 1 aromatic carbocycles. The number of benzene rings is 1. The monoisotopic (exact) mass is 255 g/mol. The molecule has 96 valence electrons. The van der Waals surface area contributed by atoms with Gasteiger partial charge in [-0.15, -0.1) is 0 Å². The SMILES string of the molecule is Cc1cc(C)c(C#N)c(NCc2ccccc2F)n1. The largest absolute Gasteiger partial charge is 0.365 e. The molecule has 0 atom stereocenters. The molecule has 0 amide bonds. The summed E-state index contributed by atoms with van der Waals surface area (Å²) >= 11 is 0. The van der Waals surface area contributed by atoms with Crippen LogP contribution in [0.25, 0.3) is 0 Å². The fourth-order valence-corrected chi connectivity index (χ4v) is 1.93. The molecule has 0 aliphatic heterocycles. The van der Waals surface area contributed by atoms with Crippen molar-refractivity contribution in [1.82, 2.24) is 4.98 Å². The topological polar surface area (TPSA) is 48.7 Å². The zero-order chi connectivity index (χ0) is 13.8. The molecule has 0 aliphatic carbocycles. The van der Waals surface area contributed by atoms with Gasteiger partial charge >= 0.3 is 0 Å². The molecule has 19 heavy (non-hydrogen) atoms. The molecule has 0 saturated carbocycles. The minimum absolute atomic E-state index is 0.266. The standard InChI is InChI=1S/C15H14FN3/c1-10-7-11(2)19-15(13(10)8-17)18-9-12-5-3-4-6-14(12)16/h3-7H,9H2,1-2H3,(H,18,19). The summed E-state index contributed by atoms with van der Waals surface area (Å²) in [6.45, 7) is 4.03. The first-order valence-electron chi connectivity index (χ1n) is 5.97. The van der Waals surface area contributed by atoms with Crippen LogP contribution in [-0.4, -0.2) is 4.98 Å². The second-order valence-electron chi connectivity index (χ2n) is 4.36. The summed E-state index contributed by atoms with van der Waals surface area (Å²) < 4.78 is 13.5. The lowest BCUT2D eigenvalue weighted by molar-refractivity contribution is 0.613. The number of pyridine rings is 1. The van der Waals surface area contributed by atoms with Crippen LogP contribution in [0.5, 0.6) is 0 Å². The molecule has 0 aliphatic rings. The number of anilines is 1. The van der Waals surface area contributed by atoms with E-state index in [0.717, 1.165) is 11.3 Å². The Morgan fingerprint density at radius 1 is 1.32 bits per heavy atom. The maximum Gasteiger partial charge on any atom is 0.144 e. The highest BCUT2D eigenvalue weighted by Crippen LogP contribution is 2.18. The summed E-state index contributed by atoms with van der Waals surface area (Å²) in [7, 11) is 0. The molecule has 0 bridgehead atoms. The smallest absolute Gasteiger partial charge is 0.144 e. The molecule has 0 unspecified atom stereocenters. The number of halogens is 1. The number of nitrogens with one attached hydrogen (secondary N) is 1. The number of aryl methyl sites for hydroxylation is 2. The predicted octanol–water partition coefficient (Wildman–Crippen LogP) is 3.32. The van der Waals surface area contributed by atoms with E-state index in [2.05, 4.69) is 16.4 Å². The minimum Gasteiger partial charge on any atom is -0.365 e. The number of nitrogens with zero attached hydrogens (tertiary/aromatic N) is 2. The molecule has 2 aromatic rings. The van der Waals surface area contributed by atoms with E-state index in [9.17, 15) is 4.39 Å². The first-order chi connectivity index (χ1) is 9.11. The average Bonchev–Trinajstić information content (AvgIpc) is 2.37. The third-order valence-corrected chi connectivity index (χ3v) is 2.86. The van der Waals surface area contributed by atoms with Crippen LogP contribution in [-0.2, 0) is 6.54 Å². The number of rotatable bonds is 3. The highest BCUT2D eigenvalue weighted by Gasteiger charge is 2.09. The molecule has 0 saturated heterocycles. The minimum atomic E-state index is -0.266. The molecular weight excluding hydrogens is 241 g/mol. The van der Waals surface area contributed by atoms with Gasteiger partial charge in [0.05, 0.1) is 5.56 Å². The van der Waals surface area contributed by atoms with Crippen molar-refractivity contribution < 1.29 is 4.39 Å². The summed E-state index contributed by atoms with van der Waals surface area (Å²) in [5, 5.41) is 12.2. The Kier molecular flexibility index (Phi) is 3.76. The van der Waals surface area contributed by atoms with Gasteiger partial charge in [0.15, 0.2) is 0 Å². The molecule has 0 spiro atoms. The van der Waals surface area contributed by atoms with E-state index in [0.29, 0.717) is 23.5 Å². The Balaban J connectivity index is 2.25. The van der Waals surface area contributed by atoms with Gasteiger partial charge in [-0.05, 0) is 31.5 Å². The molecule has 1 N–H and O–H groups in total. The first-order valence-corrected chi connectivity index (χ1v) is 5.97. The maximum atomic E-state index is 13.5. The first kappa shape index (κ1) is 13.0. The van der Waals surface area contributed by atoms with Crippen molar-refractivity contribution in [1.29, 1.82) is 5.26 Å². The lowest BCUT2D eigenvalue weighted by Gasteiger charge is -2.10. The van der Waals surface area contributed by atoms with Crippen molar-refractivity contribution in [2.75, 3.05) is 5.32 Å². The van der Waals surface area contributed by atoms with E-state index in [-0.39, 0.29) is 5.82 Å². The Bertz CT molecular complexity index is 644. The fraction of sp³-hybridized carbons (Fsp3) is 0.200. The Labute approximate surface area is 111 Å². The van der Waals surface area contributed by atoms with Crippen molar-refractivity contribution >= 4 is 5.82 Å². The third-order valence-electron chi connectivity index (χ3n) is 2.86. The molecule has 1 heterocycles. The van der Waals surface area contributed by atoms with Crippen molar-refractivity contribution in [3.63, 3.8) is 0 Å². The van der Waals surface area contributed by atoms with Crippen LogP contribution in [0.3, 0.4) is 0 Å². The Morgan fingerprint density at radius 2 is 2.05 bits per heavy atom. The Hall–Kier alpha value is -2.41. The third kappa shape index (κ3) is 2.89. The van der Waals surface area contributed by atoms with Gasteiger partial charge < -0.3 is 5.32 Å². The van der Waals surface area contributed by atoms with Crippen LogP contribution in [0.2, 0.25) is 0 Å². The number of aromatic nitrogens is 1. The summed E-state index contributed by atoms with van der Waals surface area (Å²) in [5.74, 6) is 0.237. The van der Waals surface area contributed by atoms with E-state index in [1.807, 2.05) is 19.9 Å². The van der Waals surface area contributed by atoms with Crippen LogP contribution < -0.4 is 5.32 Å². The van der Waals surface area contributed by atoms with Crippen molar-refractivity contribution in [3.8, 4) is 6.07 Å². The van der Waals surface area contributed by atoms with Gasteiger partial charge in [-0.2, -0.15) is 5.26 Å². The molecule has 1 aromatic heterocycles. The van der Waals surface area contributed by atoms with Crippen molar-refractivity contribution in [3.05, 3.63) is 58.5 Å². The average molecular weight is 255 g/mol. The molecule has 2 rings (SSSR count). The molecule has 4 heteroatoms. The van der Waals surface area contributed by atoms with Gasteiger partial charge in [0, 0.05) is 17.8 Å². The highest BCUT2D eigenvalue weighted by atomic mass is 19.1. The number of hydrogen-bond donors (Lipinski definition) is 1. The van der Waals surface area contributed by atoms with E-state index in [1.165, 1.54) is 6.07 Å². The van der Waals surface area contributed by atoms with Gasteiger partial charge in [-0.3, -0.25) is 0 Å². The van der Waals surface area contributed by atoms with E-state index in [1.54, 1.807) is 18.2 Å². The maximum absolute atomic E-state index is 13.5. The molecule has 0 radical (unpaired) electrons. The predicted molar refractivity (Wildman–Crippen MR) is 72.2 cm³/mol. The van der Waals surface area contributed by atoms with E-state index in [4.69, 9.17) is 5.26 Å². The van der Waals surface area contributed by atoms with E-state index >= 15 is 0 Å². The zero-order valence-electron chi connectivity index (χ0n) is 10.9. The van der Waals surface area contributed by atoms with Crippen LogP contribution in [0.15, 0.2) is 30.3 Å². The van der Waals surface area contributed by atoms with Gasteiger partial charge in [-0.25, -0.2) is 9.37 Å². The van der Waals surface area contributed by atoms with Gasteiger partial charge in [0.1, 0.15) is 17.7 Å². The highest BCUT2D eigenvalue weighted by molar-refractivity contribution is 5.56. The normalized spacial score (nSPS) is 10.0. The van der Waals surface area contributed by atoms with Crippen molar-refractivity contribution in [2.45, 2.75) is 20.4 Å². The quantitative estimate of drug-likeness (QED) is 0.915. The van der Waals surface area contributed by atoms with Gasteiger partial charge in [0.25, 0.3) is 0 Å². The lowest BCUT2D eigenvalue weighted by atomic mass is 10.1. The summed E-state index contributed by atoms with van der Waals surface area (Å²) in [5.41, 5.74) is 2.74. The van der Waals surface area contributed by atoms with Crippen LogP contribution >= 0.6 is 0 Å².